The summed E-state index contributed by atoms with van der Waals surface area (Å²) in [5.41, 5.74) is 5.88. The van der Waals surface area contributed by atoms with Crippen molar-refractivity contribution in [1.29, 1.82) is 0 Å². The van der Waals surface area contributed by atoms with Crippen molar-refractivity contribution in [3.8, 4) is 0 Å². The molecule has 2 rings (SSSR count). The number of nitrogens with one attached hydrogen (secondary N) is 1. The summed E-state index contributed by atoms with van der Waals surface area (Å²) in [5, 5.41) is 3.49. The average Bonchev–Trinajstić information content (AvgIpc) is 2.40. The Morgan fingerprint density at radius 1 is 1.14 bits per heavy atom. The van der Waals surface area contributed by atoms with Gasteiger partial charge in [0.05, 0.1) is 10.5 Å². The number of halogens is 2. The monoisotopic (exact) mass is 349 g/mol. The number of rotatable bonds is 4. The van der Waals surface area contributed by atoms with E-state index in [1.165, 1.54) is 28.3 Å². The standard InChI is InChI=1S/C18H21BrFN/c1-5-21-18(14-7-6-8-15(20)17(14)19)16-12(3)9-11(2)10-13(16)4/h6-10,18,21H,5H2,1-4H3. The van der Waals surface area contributed by atoms with E-state index in [4.69, 9.17) is 0 Å². The molecule has 0 spiro atoms. The lowest BCUT2D eigenvalue weighted by Gasteiger charge is -2.24. The SMILES string of the molecule is CCNC(c1cccc(F)c1Br)c1c(C)cc(C)cc1C. The van der Waals surface area contributed by atoms with Crippen LogP contribution in [0.2, 0.25) is 0 Å². The molecule has 0 saturated carbocycles. The zero-order chi connectivity index (χ0) is 15.6. The number of hydrogen-bond acceptors (Lipinski definition) is 1. The van der Waals surface area contributed by atoms with Gasteiger partial charge in [-0.1, -0.05) is 36.8 Å². The van der Waals surface area contributed by atoms with E-state index in [0.717, 1.165) is 12.1 Å². The third-order valence-corrected chi connectivity index (χ3v) is 4.56. The maximum Gasteiger partial charge on any atom is 0.137 e. The predicted molar refractivity (Wildman–Crippen MR) is 90.3 cm³/mol. The maximum absolute atomic E-state index is 13.9. The van der Waals surface area contributed by atoms with Crippen LogP contribution in [0.4, 0.5) is 4.39 Å². The topological polar surface area (TPSA) is 12.0 Å². The highest BCUT2D eigenvalue weighted by atomic mass is 79.9. The molecule has 21 heavy (non-hydrogen) atoms. The van der Waals surface area contributed by atoms with Crippen LogP contribution in [0.1, 0.15) is 40.8 Å². The van der Waals surface area contributed by atoms with Crippen LogP contribution in [0.25, 0.3) is 0 Å². The first-order valence-electron chi connectivity index (χ1n) is 7.20. The molecule has 0 bridgehead atoms. The summed E-state index contributed by atoms with van der Waals surface area (Å²) in [5.74, 6) is -0.224. The van der Waals surface area contributed by atoms with Gasteiger partial charge in [0.25, 0.3) is 0 Å². The second-order valence-corrected chi connectivity index (χ2v) is 6.24. The van der Waals surface area contributed by atoms with E-state index in [9.17, 15) is 4.39 Å². The molecule has 0 aliphatic heterocycles. The smallest absolute Gasteiger partial charge is 0.137 e. The molecule has 0 fully saturated rings. The lowest BCUT2D eigenvalue weighted by Crippen LogP contribution is -2.24. The van der Waals surface area contributed by atoms with Crippen molar-refractivity contribution < 1.29 is 4.39 Å². The van der Waals surface area contributed by atoms with Crippen LogP contribution in [-0.2, 0) is 0 Å². The minimum Gasteiger partial charge on any atom is -0.306 e. The van der Waals surface area contributed by atoms with Gasteiger partial charge in [0.15, 0.2) is 0 Å². The summed E-state index contributed by atoms with van der Waals surface area (Å²) in [4.78, 5) is 0. The van der Waals surface area contributed by atoms with Crippen LogP contribution in [-0.4, -0.2) is 6.54 Å². The second-order valence-electron chi connectivity index (χ2n) is 5.45. The average molecular weight is 350 g/mol. The highest BCUT2D eigenvalue weighted by molar-refractivity contribution is 9.10. The van der Waals surface area contributed by atoms with Crippen molar-refractivity contribution in [3.63, 3.8) is 0 Å². The normalized spacial score (nSPS) is 12.5. The summed E-state index contributed by atoms with van der Waals surface area (Å²) in [6.45, 7) is 9.23. The summed E-state index contributed by atoms with van der Waals surface area (Å²) in [6, 6.07) is 9.56. The number of benzene rings is 2. The maximum atomic E-state index is 13.9. The highest BCUT2D eigenvalue weighted by Gasteiger charge is 2.21. The Morgan fingerprint density at radius 2 is 1.76 bits per heavy atom. The molecule has 1 unspecified atom stereocenters. The zero-order valence-corrected chi connectivity index (χ0v) is 14.5. The molecule has 0 saturated heterocycles. The number of aryl methyl sites for hydroxylation is 3. The van der Waals surface area contributed by atoms with Crippen LogP contribution >= 0.6 is 15.9 Å². The Hall–Kier alpha value is -1.19. The van der Waals surface area contributed by atoms with Crippen molar-refractivity contribution >= 4 is 15.9 Å². The molecule has 0 heterocycles. The molecule has 0 aromatic heterocycles. The fraction of sp³-hybridized carbons (Fsp3) is 0.333. The van der Waals surface area contributed by atoms with E-state index in [2.05, 4.69) is 61.1 Å². The van der Waals surface area contributed by atoms with E-state index < -0.39 is 0 Å². The summed E-state index contributed by atoms with van der Waals surface area (Å²) in [7, 11) is 0. The predicted octanol–water partition coefficient (Wildman–Crippen LogP) is 5.21. The van der Waals surface area contributed by atoms with Crippen molar-refractivity contribution in [2.24, 2.45) is 0 Å². The van der Waals surface area contributed by atoms with E-state index in [1.54, 1.807) is 6.07 Å². The zero-order valence-electron chi connectivity index (χ0n) is 12.9. The van der Waals surface area contributed by atoms with Gasteiger partial charge in [-0.2, -0.15) is 0 Å². The molecule has 2 aromatic rings. The fourth-order valence-corrected chi connectivity index (χ4v) is 3.45. The van der Waals surface area contributed by atoms with Gasteiger partial charge in [0.2, 0.25) is 0 Å². The van der Waals surface area contributed by atoms with Crippen molar-refractivity contribution in [3.05, 3.63) is 68.4 Å². The van der Waals surface area contributed by atoms with Crippen molar-refractivity contribution in [2.45, 2.75) is 33.7 Å². The van der Waals surface area contributed by atoms with Crippen LogP contribution in [0, 0.1) is 26.6 Å². The van der Waals surface area contributed by atoms with Crippen molar-refractivity contribution in [2.75, 3.05) is 6.54 Å². The molecule has 0 aliphatic carbocycles. The molecule has 0 amide bonds. The third-order valence-electron chi connectivity index (χ3n) is 3.73. The third kappa shape index (κ3) is 3.35. The minimum absolute atomic E-state index is 0.0133. The molecule has 0 radical (unpaired) electrons. The molecule has 1 nitrogen and oxygen atoms in total. The van der Waals surface area contributed by atoms with Gasteiger partial charge in [-0.05, 0) is 71.6 Å². The van der Waals surface area contributed by atoms with Crippen LogP contribution in [0.3, 0.4) is 0 Å². The van der Waals surface area contributed by atoms with E-state index in [0.29, 0.717) is 4.47 Å². The van der Waals surface area contributed by atoms with Gasteiger partial charge in [-0.25, -0.2) is 4.39 Å². The quantitative estimate of drug-likeness (QED) is 0.798. The van der Waals surface area contributed by atoms with Crippen molar-refractivity contribution in [1.82, 2.24) is 5.32 Å². The van der Waals surface area contributed by atoms with Gasteiger partial charge < -0.3 is 5.32 Å². The van der Waals surface area contributed by atoms with E-state index in [1.807, 2.05) is 6.07 Å². The first-order chi connectivity index (χ1) is 9.95. The molecule has 2 aromatic carbocycles. The number of hydrogen-bond donors (Lipinski definition) is 1. The lowest BCUT2D eigenvalue weighted by molar-refractivity contribution is 0.593. The second kappa shape index (κ2) is 6.71. The van der Waals surface area contributed by atoms with Gasteiger partial charge in [-0.3, -0.25) is 0 Å². The first kappa shape index (κ1) is 16.2. The Morgan fingerprint density at radius 3 is 2.33 bits per heavy atom. The molecule has 3 heteroatoms. The van der Waals surface area contributed by atoms with Gasteiger partial charge in [-0.15, -0.1) is 0 Å². The first-order valence-corrected chi connectivity index (χ1v) is 8.00. The largest absolute Gasteiger partial charge is 0.306 e. The van der Waals surface area contributed by atoms with Crippen LogP contribution < -0.4 is 5.32 Å². The Bertz CT molecular complexity index is 629. The summed E-state index contributed by atoms with van der Waals surface area (Å²) < 4.78 is 14.4. The molecular weight excluding hydrogens is 329 g/mol. The molecule has 1 atom stereocenters. The molecule has 1 N–H and O–H groups in total. The van der Waals surface area contributed by atoms with Crippen LogP contribution in [0.5, 0.6) is 0 Å². The molecule has 0 aliphatic rings. The fourth-order valence-electron chi connectivity index (χ4n) is 2.96. The summed E-state index contributed by atoms with van der Waals surface area (Å²) in [6.07, 6.45) is 0. The Labute approximate surface area is 134 Å². The minimum atomic E-state index is -0.224. The Kier molecular flexibility index (Phi) is 5.17. The van der Waals surface area contributed by atoms with Gasteiger partial charge >= 0.3 is 0 Å². The molecule has 112 valence electrons. The Balaban J connectivity index is 2.62. The summed E-state index contributed by atoms with van der Waals surface area (Å²) >= 11 is 3.40. The molecular formula is C18H21BrFN. The lowest BCUT2D eigenvalue weighted by atomic mass is 9.90. The highest BCUT2D eigenvalue weighted by Crippen LogP contribution is 2.34. The van der Waals surface area contributed by atoms with E-state index in [-0.39, 0.29) is 11.9 Å². The van der Waals surface area contributed by atoms with E-state index >= 15 is 0 Å². The van der Waals surface area contributed by atoms with Crippen LogP contribution in [0.15, 0.2) is 34.8 Å². The van der Waals surface area contributed by atoms with Gasteiger partial charge in [0.1, 0.15) is 5.82 Å². The van der Waals surface area contributed by atoms with Gasteiger partial charge in [0, 0.05) is 0 Å².